The molecule has 0 saturated heterocycles. The minimum atomic E-state index is -0.471. The van der Waals surface area contributed by atoms with Gasteiger partial charge < -0.3 is 5.32 Å². The molecule has 2 aromatic heterocycles. The van der Waals surface area contributed by atoms with Gasteiger partial charge in [0.1, 0.15) is 12.0 Å². The molecule has 20 heavy (non-hydrogen) atoms. The van der Waals surface area contributed by atoms with Crippen molar-refractivity contribution in [3.05, 3.63) is 42.4 Å². The molecule has 2 aromatic rings. The van der Waals surface area contributed by atoms with Gasteiger partial charge in [-0.2, -0.15) is 0 Å². The van der Waals surface area contributed by atoms with Gasteiger partial charge >= 0.3 is 0 Å². The molecule has 0 bridgehead atoms. The van der Waals surface area contributed by atoms with Gasteiger partial charge in [-0.3, -0.25) is 10.1 Å². The standard InChI is InChI=1S/C12H13BrN4O2S/c1-6-11(20-8(3)15-6)7(2)16-12-10(13)4-9(5-14-12)17(18)19/h4-5,7H,1-3H3,(H,14,16). The fourth-order valence-corrected chi connectivity index (χ4v) is 3.23. The maximum atomic E-state index is 10.7. The number of nitro groups is 1. The van der Waals surface area contributed by atoms with E-state index in [0.29, 0.717) is 10.3 Å². The number of nitrogens with zero attached hydrogens (tertiary/aromatic N) is 3. The highest BCUT2D eigenvalue weighted by Crippen LogP contribution is 2.30. The second kappa shape index (κ2) is 5.84. The van der Waals surface area contributed by atoms with E-state index in [4.69, 9.17) is 0 Å². The minimum absolute atomic E-state index is 0.0338. The van der Waals surface area contributed by atoms with E-state index in [0.717, 1.165) is 15.6 Å². The number of hydrogen-bond acceptors (Lipinski definition) is 6. The number of rotatable bonds is 4. The van der Waals surface area contributed by atoms with E-state index in [1.807, 2.05) is 20.8 Å². The van der Waals surface area contributed by atoms with Gasteiger partial charge in [0.25, 0.3) is 5.69 Å². The van der Waals surface area contributed by atoms with Crippen LogP contribution in [-0.2, 0) is 0 Å². The van der Waals surface area contributed by atoms with E-state index in [9.17, 15) is 10.1 Å². The fraction of sp³-hybridized carbons (Fsp3) is 0.333. The molecule has 1 atom stereocenters. The molecule has 0 aliphatic heterocycles. The smallest absolute Gasteiger partial charge is 0.288 e. The van der Waals surface area contributed by atoms with Crippen molar-refractivity contribution in [2.75, 3.05) is 5.32 Å². The van der Waals surface area contributed by atoms with Crippen LogP contribution in [0.2, 0.25) is 0 Å². The van der Waals surface area contributed by atoms with Crippen molar-refractivity contribution >= 4 is 38.8 Å². The first-order chi connectivity index (χ1) is 9.38. The molecule has 8 heteroatoms. The lowest BCUT2D eigenvalue weighted by molar-refractivity contribution is -0.385. The van der Waals surface area contributed by atoms with Crippen LogP contribution in [0, 0.1) is 24.0 Å². The zero-order valence-corrected chi connectivity index (χ0v) is 13.6. The number of pyridine rings is 1. The third kappa shape index (κ3) is 3.13. The summed E-state index contributed by atoms with van der Waals surface area (Å²) in [5, 5.41) is 14.9. The summed E-state index contributed by atoms with van der Waals surface area (Å²) < 4.78 is 0.567. The molecule has 1 N–H and O–H groups in total. The first-order valence-corrected chi connectivity index (χ1v) is 7.50. The van der Waals surface area contributed by atoms with Crippen molar-refractivity contribution in [3.63, 3.8) is 0 Å². The summed E-state index contributed by atoms with van der Waals surface area (Å²) >= 11 is 4.93. The van der Waals surface area contributed by atoms with Crippen LogP contribution in [0.4, 0.5) is 11.5 Å². The molecule has 2 rings (SSSR count). The van der Waals surface area contributed by atoms with Gasteiger partial charge in [0, 0.05) is 10.9 Å². The lowest BCUT2D eigenvalue weighted by atomic mass is 10.2. The number of thiazole rings is 1. The van der Waals surface area contributed by atoms with Gasteiger partial charge in [-0.1, -0.05) is 0 Å². The molecular formula is C12H13BrN4O2S. The summed E-state index contributed by atoms with van der Waals surface area (Å²) in [5.41, 5.74) is 0.949. The average molecular weight is 357 g/mol. The molecule has 0 aliphatic carbocycles. The summed E-state index contributed by atoms with van der Waals surface area (Å²) in [4.78, 5) is 19.8. The van der Waals surface area contributed by atoms with Crippen LogP contribution in [-0.4, -0.2) is 14.9 Å². The maximum absolute atomic E-state index is 10.7. The number of anilines is 1. The predicted octanol–water partition coefficient (Wildman–Crippen LogP) is 4.00. The van der Waals surface area contributed by atoms with Crippen molar-refractivity contribution < 1.29 is 4.92 Å². The van der Waals surface area contributed by atoms with Gasteiger partial charge in [-0.05, 0) is 36.7 Å². The Hall–Kier alpha value is -1.54. The van der Waals surface area contributed by atoms with Crippen molar-refractivity contribution in [2.24, 2.45) is 0 Å². The number of halogens is 1. The van der Waals surface area contributed by atoms with Crippen molar-refractivity contribution in [1.29, 1.82) is 0 Å². The van der Waals surface area contributed by atoms with Crippen LogP contribution in [0.1, 0.15) is 28.5 Å². The highest BCUT2D eigenvalue weighted by Gasteiger charge is 2.16. The third-order valence-electron chi connectivity index (χ3n) is 2.72. The lowest BCUT2D eigenvalue weighted by Crippen LogP contribution is -2.08. The number of nitrogens with one attached hydrogen (secondary N) is 1. The predicted molar refractivity (Wildman–Crippen MR) is 82.2 cm³/mol. The normalized spacial score (nSPS) is 12.2. The van der Waals surface area contributed by atoms with Crippen molar-refractivity contribution in [1.82, 2.24) is 9.97 Å². The first kappa shape index (κ1) is 14.9. The fourth-order valence-electron chi connectivity index (χ4n) is 1.85. The molecule has 0 spiro atoms. The van der Waals surface area contributed by atoms with Crippen molar-refractivity contribution in [3.8, 4) is 0 Å². The molecule has 0 fully saturated rings. The van der Waals surface area contributed by atoms with Gasteiger partial charge in [0.15, 0.2) is 0 Å². The van der Waals surface area contributed by atoms with E-state index >= 15 is 0 Å². The number of aromatic nitrogens is 2. The second-order valence-corrected chi connectivity index (χ2v) is 6.42. The Labute approximate surface area is 128 Å². The average Bonchev–Trinajstić information content (AvgIpc) is 2.70. The molecule has 1 unspecified atom stereocenters. The number of hydrogen-bond donors (Lipinski definition) is 1. The van der Waals surface area contributed by atoms with Gasteiger partial charge in [0.2, 0.25) is 0 Å². The quantitative estimate of drug-likeness (QED) is 0.661. The summed E-state index contributed by atoms with van der Waals surface area (Å²) in [5.74, 6) is 0.577. The Bertz CT molecular complexity index is 659. The highest BCUT2D eigenvalue weighted by molar-refractivity contribution is 9.10. The molecule has 0 aromatic carbocycles. The zero-order valence-electron chi connectivity index (χ0n) is 11.2. The number of aryl methyl sites for hydroxylation is 2. The van der Waals surface area contributed by atoms with E-state index in [-0.39, 0.29) is 11.7 Å². The maximum Gasteiger partial charge on any atom is 0.288 e. The molecule has 0 saturated carbocycles. The highest BCUT2D eigenvalue weighted by atomic mass is 79.9. The van der Waals surface area contributed by atoms with Gasteiger partial charge in [-0.15, -0.1) is 11.3 Å². The van der Waals surface area contributed by atoms with Gasteiger partial charge in [0.05, 0.1) is 26.1 Å². The van der Waals surface area contributed by atoms with E-state index < -0.39 is 4.92 Å². The Kier molecular flexibility index (Phi) is 4.34. The SMILES string of the molecule is Cc1nc(C)c(C(C)Nc2ncc([N+](=O)[O-])cc2Br)s1. The molecule has 0 aliphatic rings. The topological polar surface area (TPSA) is 81.0 Å². The van der Waals surface area contributed by atoms with Crippen LogP contribution >= 0.6 is 27.3 Å². The van der Waals surface area contributed by atoms with E-state index in [1.165, 1.54) is 12.3 Å². The van der Waals surface area contributed by atoms with E-state index in [1.54, 1.807) is 11.3 Å². The van der Waals surface area contributed by atoms with Crippen LogP contribution in [0.3, 0.4) is 0 Å². The lowest BCUT2D eigenvalue weighted by Gasteiger charge is -2.14. The molecule has 106 valence electrons. The monoisotopic (exact) mass is 356 g/mol. The molecule has 2 heterocycles. The summed E-state index contributed by atoms with van der Waals surface area (Å²) in [6, 6.07) is 1.47. The second-order valence-electron chi connectivity index (χ2n) is 4.33. The molecule has 6 nitrogen and oxygen atoms in total. The summed E-state index contributed by atoms with van der Waals surface area (Å²) in [6.45, 7) is 5.94. The van der Waals surface area contributed by atoms with Crippen LogP contribution in [0.5, 0.6) is 0 Å². The molecule has 0 radical (unpaired) electrons. The Morgan fingerprint density at radius 3 is 2.70 bits per heavy atom. The van der Waals surface area contributed by atoms with Crippen LogP contribution in [0.15, 0.2) is 16.7 Å². The van der Waals surface area contributed by atoms with Crippen molar-refractivity contribution in [2.45, 2.75) is 26.8 Å². The molecule has 0 amide bonds. The van der Waals surface area contributed by atoms with Gasteiger partial charge in [-0.25, -0.2) is 9.97 Å². The Balaban J connectivity index is 2.22. The Morgan fingerprint density at radius 1 is 1.50 bits per heavy atom. The van der Waals surface area contributed by atoms with Crippen LogP contribution in [0.25, 0.3) is 0 Å². The first-order valence-electron chi connectivity index (χ1n) is 5.89. The zero-order chi connectivity index (χ0) is 14.9. The summed E-state index contributed by atoms with van der Waals surface area (Å²) in [6.07, 6.45) is 1.24. The third-order valence-corrected chi connectivity index (χ3v) is 4.58. The Morgan fingerprint density at radius 2 is 2.20 bits per heavy atom. The van der Waals surface area contributed by atoms with E-state index in [2.05, 4.69) is 31.2 Å². The largest absolute Gasteiger partial charge is 0.362 e. The minimum Gasteiger partial charge on any atom is -0.362 e. The molecular weight excluding hydrogens is 344 g/mol. The summed E-state index contributed by atoms with van der Waals surface area (Å²) in [7, 11) is 0. The van der Waals surface area contributed by atoms with Crippen LogP contribution < -0.4 is 5.32 Å².